The Bertz CT molecular complexity index is 1380. The molecule has 0 spiro atoms. The zero-order valence-electron chi connectivity index (χ0n) is 20.6. The van der Waals surface area contributed by atoms with Crippen molar-refractivity contribution in [2.45, 2.75) is 66.2 Å². The van der Waals surface area contributed by atoms with Gasteiger partial charge in [0.15, 0.2) is 11.2 Å². The van der Waals surface area contributed by atoms with Gasteiger partial charge in [-0.05, 0) is 42.9 Å². The third-order valence-electron chi connectivity index (χ3n) is 5.72. The van der Waals surface area contributed by atoms with Gasteiger partial charge in [0.25, 0.3) is 11.5 Å². The van der Waals surface area contributed by atoms with Gasteiger partial charge in [0, 0.05) is 30.4 Å². The molecule has 10 heteroatoms. The first kappa shape index (κ1) is 24.4. The molecular formula is C25H32N6O4. The van der Waals surface area contributed by atoms with Crippen LogP contribution in [0.1, 0.15) is 50.9 Å². The lowest BCUT2D eigenvalue weighted by atomic mass is 10.2. The van der Waals surface area contributed by atoms with Crippen LogP contribution in [-0.2, 0) is 24.4 Å². The quantitative estimate of drug-likeness (QED) is 0.487. The SMILES string of the molecule is CC(C)Cn1cnc2c1c(=O)n(CC(=O)Nc1cccc(C(=O)NC3CC3)c1)c(=O)n2CC(C)C. The zero-order valence-corrected chi connectivity index (χ0v) is 20.6. The molecule has 0 unspecified atom stereocenters. The fourth-order valence-electron chi connectivity index (χ4n) is 4.02. The summed E-state index contributed by atoms with van der Waals surface area (Å²) >= 11 is 0. The highest BCUT2D eigenvalue weighted by molar-refractivity contribution is 5.97. The third kappa shape index (κ3) is 5.52. The number of nitrogens with zero attached hydrogens (tertiary/aromatic N) is 4. The van der Waals surface area contributed by atoms with E-state index < -0.39 is 23.7 Å². The van der Waals surface area contributed by atoms with Crippen LogP contribution in [0.25, 0.3) is 11.2 Å². The van der Waals surface area contributed by atoms with E-state index >= 15 is 0 Å². The smallest absolute Gasteiger partial charge is 0.333 e. The standard InChI is InChI=1S/C25H32N6O4/c1-15(2)11-29-14-26-22-21(29)24(34)31(25(35)30(22)12-16(3)4)13-20(32)27-19-7-5-6-17(10-19)23(33)28-18-8-9-18/h5-7,10,14-16,18H,8-9,11-13H2,1-4H3,(H,27,32)(H,28,33). The Morgan fingerprint density at radius 1 is 1.06 bits per heavy atom. The van der Waals surface area contributed by atoms with Crippen molar-refractivity contribution in [1.82, 2.24) is 24.0 Å². The van der Waals surface area contributed by atoms with Crippen molar-refractivity contribution >= 4 is 28.7 Å². The summed E-state index contributed by atoms with van der Waals surface area (Å²) in [4.78, 5) is 56.2. The van der Waals surface area contributed by atoms with Gasteiger partial charge < -0.3 is 15.2 Å². The lowest BCUT2D eigenvalue weighted by molar-refractivity contribution is -0.116. The van der Waals surface area contributed by atoms with Crippen molar-refractivity contribution in [2.24, 2.45) is 11.8 Å². The Balaban J connectivity index is 1.64. The zero-order chi connectivity index (χ0) is 25.3. The predicted molar refractivity (Wildman–Crippen MR) is 133 cm³/mol. The van der Waals surface area contributed by atoms with Crippen molar-refractivity contribution in [3.8, 4) is 0 Å². The van der Waals surface area contributed by atoms with E-state index in [1.165, 1.54) is 4.57 Å². The summed E-state index contributed by atoms with van der Waals surface area (Å²) in [7, 11) is 0. The Hall–Kier alpha value is -3.69. The second-order valence-electron chi connectivity index (χ2n) is 10.0. The Labute approximate surface area is 203 Å². The van der Waals surface area contributed by atoms with Crippen LogP contribution >= 0.6 is 0 Å². The van der Waals surface area contributed by atoms with Gasteiger partial charge in [0.1, 0.15) is 6.54 Å². The van der Waals surface area contributed by atoms with Crippen LogP contribution in [0, 0.1) is 11.8 Å². The highest BCUT2D eigenvalue weighted by Gasteiger charge is 2.24. The summed E-state index contributed by atoms with van der Waals surface area (Å²) in [5.41, 5.74) is 0.380. The van der Waals surface area contributed by atoms with Crippen molar-refractivity contribution in [1.29, 1.82) is 0 Å². The summed E-state index contributed by atoms with van der Waals surface area (Å²) in [5.74, 6) is -0.330. The highest BCUT2D eigenvalue weighted by Crippen LogP contribution is 2.20. The molecule has 186 valence electrons. The highest BCUT2D eigenvalue weighted by atomic mass is 16.2. The van der Waals surface area contributed by atoms with Gasteiger partial charge in [0.05, 0.1) is 6.33 Å². The molecule has 0 saturated heterocycles. The number of imidazole rings is 1. The maximum atomic E-state index is 13.3. The van der Waals surface area contributed by atoms with Crippen LogP contribution in [0.4, 0.5) is 5.69 Å². The fraction of sp³-hybridized carbons (Fsp3) is 0.480. The van der Waals surface area contributed by atoms with E-state index in [0.29, 0.717) is 35.5 Å². The van der Waals surface area contributed by atoms with Gasteiger partial charge in [0.2, 0.25) is 5.91 Å². The number of fused-ring (bicyclic) bond motifs is 1. The van der Waals surface area contributed by atoms with E-state index in [4.69, 9.17) is 0 Å². The van der Waals surface area contributed by atoms with Gasteiger partial charge in [-0.1, -0.05) is 33.8 Å². The molecule has 1 fully saturated rings. The molecule has 2 heterocycles. The van der Waals surface area contributed by atoms with Crippen LogP contribution in [0.3, 0.4) is 0 Å². The molecular weight excluding hydrogens is 448 g/mol. The maximum Gasteiger partial charge on any atom is 0.333 e. The topological polar surface area (TPSA) is 120 Å². The van der Waals surface area contributed by atoms with Crippen LogP contribution < -0.4 is 21.9 Å². The second-order valence-corrected chi connectivity index (χ2v) is 10.0. The first-order valence-electron chi connectivity index (χ1n) is 12.0. The van der Waals surface area contributed by atoms with Crippen molar-refractivity contribution in [3.05, 3.63) is 57.0 Å². The molecule has 0 atom stereocenters. The fourth-order valence-corrected chi connectivity index (χ4v) is 4.02. The average Bonchev–Trinajstić information content (AvgIpc) is 3.51. The molecule has 0 bridgehead atoms. The molecule has 1 aromatic carbocycles. The minimum Gasteiger partial charge on any atom is -0.349 e. The molecule has 0 radical (unpaired) electrons. The van der Waals surface area contributed by atoms with Crippen LogP contribution in [0.5, 0.6) is 0 Å². The molecule has 2 N–H and O–H groups in total. The lowest BCUT2D eigenvalue weighted by Crippen LogP contribution is -2.43. The number of hydrogen-bond donors (Lipinski definition) is 2. The summed E-state index contributed by atoms with van der Waals surface area (Å²) in [6.45, 7) is 8.48. The number of aromatic nitrogens is 4. The minimum atomic E-state index is -0.571. The van der Waals surface area contributed by atoms with Crippen LogP contribution in [0.2, 0.25) is 0 Å². The number of anilines is 1. The van der Waals surface area contributed by atoms with E-state index in [0.717, 1.165) is 17.4 Å². The molecule has 10 nitrogen and oxygen atoms in total. The van der Waals surface area contributed by atoms with Gasteiger partial charge >= 0.3 is 5.69 Å². The van der Waals surface area contributed by atoms with Gasteiger partial charge in [-0.2, -0.15) is 0 Å². The Morgan fingerprint density at radius 3 is 2.43 bits per heavy atom. The Kier molecular flexibility index (Phi) is 6.90. The number of benzene rings is 1. The van der Waals surface area contributed by atoms with E-state index in [9.17, 15) is 19.2 Å². The van der Waals surface area contributed by atoms with E-state index in [1.807, 2.05) is 27.7 Å². The molecule has 1 aliphatic carbocycles. The van der Waals surface area contributed by atoms with E-state index in [-0.39, 0.29) is 23.8 Å². The summed E-state index contributed by atoms with van der Waals surface area (Å²) in [6.07, 6.45) is 3.53. The number of amides is 2. The molecule has 1 saturated carbocycles. The molecule has 2 amide bonds. The number of carbonyl (C=O) groups is 2. The van der Waals surface area contributed by atoms with Gasteiger partial charge in [-0.25, -0.2) is 14.3 Å². The lowest BCUT2D eigenvalue weighted by Gasteiger charge is -2.15. The van der Waals surface area contributed by atoms with Gasteiger partial charge in [-0.3, -0.25) is 19.0 Å². The molecule has 1 aliphatic rings. The molecule has 35 heavy (non-hydrogen) atoms. The summed E-state index contributed by atoms with van der Waals surface area (Å²) < 4.78 is 4.17. The Morgan fingerprint density at radius 2 is 1.77 bits per heavy atom. The number of carbonyl (C=O) groups excluding carboxylic acids is 2. The van der Waals surface area contributed by atoms with E-state index in [1.54, 1.807) is 35.2 Å². The maximum absolute atomic E-state index is 13.3. The van der Waals surface area contributed by atoms with Crippen LogP contribution in [0.15, 0.2) is 40.2 Å². The summed E-state index contributed by atoms with van der Waals surface area (Å²) in [6, 6.07) is 6.81. The number of rotatable bonds is 9. The summed E-state index contributed by atoms with van der Waals surface area (Å²) in [5, 5.41) is 5.62. The van der Waals surface area contributed by atoms with Gasteiger partial charge in [-0.15, -0.1) is 0 Å². The average molecular weight is 481 g/mol. The largest absolute Gasteiger partial charge is 0.349 e. The van der Waals surface area contributed by atoms with Crippen molar-refractivity contribution in [3.63, 3.8) is 0 Å². The minimum absolute atomic E-state index is 0.135. The monoisotopic (exact) mass is 480 g/mol. The first-order chi connectivity index (χ1) is 16.6. The normalized spacial score (nSPS) is 13.5. The predicted octanol–water partition coefficient (Wildman–Crippen LogP) is 2.20. The number of hydrogen-bond acceptors (Lipinski definition) is 5. The second kappa shape index (κ2) is 9.89. The molecule has 4 rings (SSSR count). The molecule has 2 aromatic heterocycles. The van der Waals surface area contributed by atoms with E-state index in [2.05, 4.69) is 15.6 Å². The van der Waals surface area contributed by atoms with Crippen molar-refractivity contribution < 1.29 is 9.59 Å². The van der Waals surface area contributed by atoms with Crippen LogP contribution in [-0.4, -0.2) is 36.5 Å². The first-order valence-corrected chi connectivity index (χ1v) is 12.0. The van der Waals surface area contributed by atoms with Crippen molar-refractivity contribution in [2.75, 3.05) is 5.32 Å². The molecule has 3 aromatic rings. The third-order valence-corrected chi connectivity index (χ3v) is 5.72. The molecule has 0 aliphatic heterocycles. The number of nitrogens with one attached hydrogen (secondary N) is 2.